The third-order valence-electron chi connectivity index (χ3n) is 2.70. The second-order valence-corrected chi connectivity index (χ2v) is 4.60. The van der Waals surface area contributed by atoms with Crippen LogP contribution in [0.4, 0.5) is 4.39 Å². The molecule has 0 spiro atoms. The smallest absolute Gasteiger partial charge is 0.486 e. The highest BCUT2D eigenvalue weighted by atomic mass is 19.1. The Morgan fingerprint density at radius 1 is 1.35 bits per heavy atom. The van der Waals surface area contributed by atoms with E-state index in [0.717, 1.165) is 6.07 Å². The molecule has 1 aromatic heterocycles. The fraction of sp³-hybridized carbons (Fsp3) is 0.333. The predicted octanol–water partition coefficient (Wildman–Crippen LogP) is 0.257. The highest BCUT2D eigenvalue weighted by Crippen LogP contribution is 2.14. The van der Waals surface area contributed by atoms with E-state index in [1.54, 1.807) is 4.68 Å². The molecule has 2 aromatic rings. The minimum atomic E-state index is -1.74. The summed E-state index contributed by atoms with van der Waals surface area (Å²) in [5, 5.41) is 22.2. The molecule has 2 rings (SSSR count). The van der Waals surface area contributed by atoms with Gasteiger partial charge in [0.2, 0.25) is 0 Å². The predicted molar refractivity (Wildman–Crippen MR) is 71.0 cm³/mol. The maximum atomic E-state index is 13.3. The van der Waals surface area contributed by atoms with Gasteiger partial charge >= 0.3 is 7.12 Å². The van der Waals surface area contributed by atoms with Gasteiger partial charge in [0.1, 0.15) is 24.5 Å². The van der Waals surface area contributed by atoms with Gasteiger partial charge in [-0.3, -0.25) is 0 Å². The molecular formula is C12H15BFN3O3. The number of halogens is 1. The molecule has 20 heavy (non-hydrogen) atoms. The van der Waals surface area contributed by atoms with Crippen molar-refractivity contribution in [2.45, 2.75) is 26.5 Å². The second kappa shape index (κ2) is 6.02. The van der Waals surface area contributed by atoms with E-state index in [1.165, 1.54) is 18.5 Å². The maximum absolute atomic E-state index is 13.3. The van der Waals surface area contributed by atoms with Crippen molar-refractivity contribution in [3.63, 3.8) is 0 Å². The topological polar surface area (TPSA) is 80.4 Å². The summed E-state index contributed by atoms with van der Waals surface area (Å²) in [5.74, 6) is 0.206. The van der Waals surface area contributed by atoms with Crippen LogP contribution in [0.3, 0.4) is 0 Å². The summed E-state index contributed by atoms with van der Waals surface area (Å²) in [7, 11) is -1.74. The van der Waals surface area contributed by atoms with Crippen LogP contribution in [-0.2, 0) is 6.61 Å². The summed E-state index contributed by atoms with van der Waals surface area (Å²) < 4.78 is 20.4. The van der Waals surface area contributed by atoms with Crippen molar-refractivity contribution in [1.82, 2.24) is 14.8 Å². The Morgan fingerprint density at radius 3 is 2.75 bits per heavy atom. The third kappa shape index (κ3) is 3.34. The van der Waals surface area contributed by atoms with Crippen molar-refractivity contribution >= 4 is 12.6 Å². The van der Waals surface area contributed by atoms with E-state index in [4.69, 9.17) is 14.8 Å². The number of hydrogen-bond acceptors (Lipinski definition) is 5. The number of ether oxygens (including phenoxy) is 1. The van der Waals surface area contributed by atoms with Gasteiger partial charge in [-0.1, -0.05) is 0 Å². The van der Waals surface area contributed by atoms with Crippen LogP contribution in [0, 0.1) is 5.82 Å². The Balaban J connectivity index is 2.12. The minimum Gasteiger partial charge on any atom is -0.486 e. The van der Waals surface area contributed by atoms with Gasteiger partial charge in [0.05, 0.1) is 0 Å². The molecule has 2 N–H and O–H groups in total. The van der Waals surface area contributed by atoms with Gasteiger partial charge in [-0.15, -0.1) is 0 Å². The van der Waals surface area contributed by atoms with E-state index in [9.17, 15) is 4.39 Å². The number of benzene rings is 1. The van der Waals surface area contributed by atoms with Crippen LogP contribution in [0.2, 0.25) is 0 Å². The molecule has 0 fully saturated rings. The quantitative estimate of drug-likeness (QED) is 0.767. The SMILES string of the molecule is CC(C)n1ncnc1COc1cc(F)cc(B(O)O)c1. The Morgan fingerprint density at radius 2 is 2.10 bits per heavy atom. The normalized spacial score (nSPS) is 10.9. The van der Waals surface area contributed by atoms with Gasteiger partial charge in [-0.2, -0.15) is 5.10 Å². The molecule has 0 aliphatic carbocycles. The van der Waals surface area contributed by atoms with Crippen LogP contribution in [0.5, 0.6) is 5.75 Å². The van der Waals surface area contributed by atoms with E-state index >= 15 is 0 Å². The molecule has 8 heteroatoms. The van der Waals surface area contributed by atoms with Crippen LogP contribution in [-0.4, -0.2) is 31.9 Å². The lowest BCUT2D eigenvalue weighted by atomic mass is 9.80. The van der Waals surface area contributed by atoms with E-state index in [1.807, 2.05) is 13.8 Å². The summed E-state index contributed by atoms with van der Waals surface area (Å²) in [5.41, 5.74) is 0.0327. The number of nitrogens with zero attached hydrogens (tertiary/aromatic N) is 3. The fourth-order valence-corrected chi connectivity index (χ4v) is 1.77. The van der Waals surface area contributed by atoms with Gasteiger partial charge in [0.15, 0.2) is 5.82 Å². The highest BCUT2D eigenvalue weighted by Gasteiger charge is 2.14. The second-order valence-electron chi connectivity index (χ2n) is 4.60. The third-order valence-corrected chi connectivity index (χ3v) is 2.70. The van der Waals surface area contributed by atoms with Gasteiger partial charge in [0.25, 0.3) is 0 Å². The highest BCUT2D eigenvalue weighted by molar-refractivity contribution is 6.58. The average Bonchev–Trinajstić information content (AvgIpc) is 2.84. The Kier molecular flexibility index (Phi) is 4.36. The molecule has 6 nitrogen and oxygen atoms in total. The number of hydrogen-bond donors (Lipinski definition) is 2. The van der Waals surface area contributed by atoms with Crippen LogP contribution in [0.25, 0.3) is 0 Å². The first-order chi connectivity index (χ1) is 9.47. The van der Waals surface area contributed by atoms with E-state index in [2.05, 4.69) is 10.1 Å². The molecule has 1 heterocycles. The lowest BCUT2D eigenvalue weighted by molar-refractivity contribution is 0.281. The van der Waals surface area contributed by atoms with Crippen molar-refractivity contribution in [3.05, 3.63) is 36.2 Å². The summed E-state index contributed by atoms with van der Waals surface area (Å²) in [4.78, 5) is 4.07. The standard InChI is InChI=1S/C12H15BFN3O3/c1-8(2)17-12(15-7-16-17)6-20-11-4-9(13(18)19)3-10(14)5-11/h3-5,7-8,18-19H,6H2,1-2H3. The molecule has 0 saturated heterocycles. The zero-order valence-corrected chi connectivity index (χ0v) is 11.2. The molecular weight excluding hydrogens is 264 g/mol. The largest absolute Gasteiger partial charge is 0.488 e. The van der Waals surface area contributed by atoms with Crippen molar-refractivity contribution < 1.29 is 19.2 Å². The van der Waals surface area contributed by atoms with Crippen molar-refractivity contribution in [2.24, 2.45) is 0 Å². The van der Waals surface area contributed by atoms with Crippen LogP contribution >= 0.6 is 0 Å². The van der Waals surface area contributed by atoms with E-state index in [0.29, 0.717) is 5.82 Å². The van der Waals surface area contributed by atoms with Crippen LogP contribution < -0.4 is 10.2 Å². The van der Waals surface area contributed by atoms with Crippen LogP contribution in [0.1, 0.15) is 25.7 Å². The first-order valence-corrected chi connectivity index (χ1v) is 6.15. The average molecular weight is 279 g/mol. The summed E-state index contributed by atoms with van der Waals surface area (Å²) in [6.07, 6.45) is 1.42. The van der Waals surface area contributed by atoms with Gasteiger partial charge < -0.3 is 14.8 Å². The zero-order chi connectivity index (χ0) is 14.7. The van der Waals surface area contributed by atoms with Gasteiger partial charge in [-0.05, 0) is 31.4 Å². The summed E-state index contributed by atoms with van der Waals surface area (Å²) in [6.45, 7) is 4.03. The molecule has 0 bridgehead atoms. The lowest BCUT2D eigenvalue weighted by Crippen LogP contribution is -2.30. The monoisotopic (exact) mass is 279 g/mol. The zero-order valence-electron chi connectivity index (χ0n) is 11.2. The van der Waals surface area contributed by atoms with Gasteiger partial charge in [-0.25, -0.2) is 14.1 Å². The maximum Gasteiger partial charge on any atom is 0.488 e. The molecule has 0 aliphatic heterocycles. The van der Waals surface area contributed by atoms with E-state index < -0.39 is 12.9 Å². The first kappa shape index (κ1) is 14.5. The molecule has 0 aliphatic rings. The first-order valence-electron chi connectivity index (χ1n) is 6.15. The molecule has 0 radical (unpaired) electrons. The molecule has 0 unspecified atom stereocenters. The van der Waals surface area contributed by atoms with Gasteiger partial charge in [0, 0.05) is 12.1 Å². The fourth-order valence-electron chi connectivity index (χ4n) is 1.77. The Bertz CT molecular complexity index is 589. The van der Waals surface area contributed by atoms with Crippen molar-refractivity contribution in [1.29, 1.82) is 0 Å². The lowest BCUT2D eigenvalue weighted by Gasteiger charge is -2.11. The molecule has 0 amide bonds. The molecule has 1 aromatic carbocycles. The summed E-state index contributed by atoms with van der Waals surface area (Å²) in [6, 6.07) is 3.71. The Hall–Kier alpha value is -1.93. The molecule has 0 saturated carbocycles. The molecule has 0 atom stereocenters. The van der Waals surface area contributed by atoms with Crippen LogP contribution in [0.15, 0.2) is 24.5 Å². The minimum absolute atomic E-state index is 0.0327. The van der Waals surface area contributed by atoms with E-state index in [-0.39, 0.29) is 23.9 Å². The van der Waals surface area contributed by atoms with Crippen molar-refractivity contribution in [3.8, 4) is 5.75 Å². The Labute approximate surface area is 116 Å². The molecule has 106 valence electrons. The number of aromatic nitrogens is 3. The van der Waals surface area contributed by atoms with Crippen molar-refractivity contribution in [2.75, 3.05) is 0 Å². The number of rotatable bonds is 5. The summed E-state index contributed by atoms with van der Waals surface area (Å²) >= 11 is 0.